The van der Waals surface area contributed by atoms with Crippen LogP contribution in [0.15, 0.2) is 18.2 Å². The Morgan fingerprint density at radius 3 is 2.67 bits per heavy atom. The Kier molecular flexibility index (Phi) is 4.49. The summed E-state index contributed by atoms with van der Waals surface area (Å²) in [4.78, 5) is 14.0. The van der Waals surface area contributed by atoms with Crippen LogP contribution in [0.4, 0.5) is 0 Å². The van der Waals surface area contributed by atoms with E-state index >= 15 is 0 Å². The molecule has 1 aliphatic rings. The average Bonchev–Trinajstić information content (AvgIpc) is 2.34. The molecule has 1 amide bonds. The van der Waals surface area contributed by atoms with E-state index in [1.807, 2.05) is 0 Å². The van der Waals surface area contributed by atoms with Crippen molar-refractivity contribution in [3.05, 3.63) is 33.8 Å². The highest BCUT2D eigenvalue weighted by molar-refractivity contribution is 6.36. The summed E-state index contributed by atoms with van der Waals surface area (Å²) in [5.41, 5.74) is 6.57. The second kappa shape index (κ2) is 5.91. The molecule has 5 heteroatoms. The zero-order valence-corrected chi connectivity index (χ0v) is 11.5. The first-order valence-corrected chi connectivity index (χ1v) is 6.80. The van der Waals surface area contributed by atoms with Crippen LogP contribution >= 0.6 is 23.2 Å². The van der Waals surface area contributed by atoms with Gasteiger partial charge in [0.15, 0.2) is 0 Å². The number of carbonyl (C=O) groups excluding carboxylic acids is 1. The summed E-state index contributed by atoms with van der Waals surface area (Å²) >= 11 is 12.1. The second-order valence-electron chi connectivity index (χ2n) is 4.62. The third-order valence-corrected chi connectivity index (χ3v) is 3.91. The fourth-order valence-electron chi connectivity index (χ4n) is 2.20. The van der Waals surface area contributed by atoms with E-state index in [4.69, 9.17) is 28.9 Å². The molecule has 3 nitrogen and oxygen atoms in total. The molecule has 1 heterocycles. The number of piperidine rings is 1. The van der Waals surface area contributed by atoms with Gasteiger partial charge < -0.3 is 10.6 Å². The van der Waals surface area contributed by atoms with Gasteiger partial charge in [-0.15, -0.1) is 0 Å². The smallest absolute Gasteiger partial charge is 0.227 e. The summed E-state index contributed by atoms with van der Waals surface area (Å²) in [5, 5.41) is 1.08. The lowest BCUT2D eigenvalue weighted by Gasteiger charge is -2.31. The molecule has 2 N–H and O–H groups in total. The number of nitrogens with zero attached hydrogens (tertiary/aromatic N) is 1. The minimum Gasteiger partial charge on any atom is -0.341 e. The molecule has 1 aromatic carbocycles. The summed E-state index contributed by atoms with van der Waals surface area (Å²) in [7, 11) is 0. The third-order valence-electron chi connectivity index (χ3n) is 3.20. The average molecular weight is 287 g/mol. The lowest BCUT2D eigenvalue weighted by molar-refractivity contribution is -0.131. The Hall–Kier alpha value is -0.770. The predicted molar refractivity (Wildman–Crippen MR) is 74.0 cm³/mol. The van der Waals surface area contributed by atoms with E-state index in [1.165, 1.54) is 0 Å². The number of amides is 1. The largest absolute Gasteiger partial charge is 0.341 e. The SMILES string of the molecule is NC1CCCN(C(=O)Cc2c(Cl)cccc2Cl)C1. The number of hydrogen-bond acceptors (Lipinski definition) is 2. The Labute approximate surface area is 117 Å². The molecule has 0 spiro atoms. The van der Waals surface area contributed by atoms with Gasteiger partial charge in [-0.3, -0.25) is 4.79 Å². The van der Waals surface area contributed by atoms with Gasteiger partial charge in [0.25, 0.3) is 0 Å². The fraction of sp³-hybridized carbons (Fsp3) is 0.462. The molecular formula is C13H16Cl2N2O. The van der Waals surface area contributed by atoms with Crippen LogP contribution in [0, 0.1) is 0 Å². The second-order valence-corrected chi connectivity index (χ2v) is 5.43. The number of carbonyl (C=O) groups is 1. The van der Waals surface area contributed by atoms with Gasteiger partial charge in [0, 0.05) is 29.2 Å². The van der Waals surface area contributed by atoms with Crippen LogP contribution in [0.5, 0.6) is 0 Å². The van der Waals surface area contributed by atoms with Crippen LogP contribution in [-0.2, 0) is 11.2 Å². The maximum Gasteiger partial charge on any atom is 0.227 e. The van der Waals surface area contributed by atoms with E-state index in [0.717, 1.165) is 19.4 Å². The lowest BCUT2D eigenvalue weighted by atomic mass is 10.1. The van der Waals surface area contributed by atoms with Crippen molar-refractivity contribution in [3.63, 3.8) is 0 Å². The molecule has 2 rings (SSSR count). The molecule has 1 unspecified atom stereocenters. The van der Waals surface area contributed by atoms with Gasteiger partial charge >= 0.3 is 0 Å². The number of likely N-dealkylation sites (tertiary alicyclic amines) is 1. The maximum atomic E-state index is 12.2. The normalized spacial score (nSPS) is 19.9. The van der Waals surface area contributed by atoms with E-state index in [-0.39, 0.29) is 18.4 Å². The summed E-state index contributed by atoms with van der Waals surface area (Å²) in [6.45, 7) is 1.40. The van der Waals surface area contributed by atoms with Crippen LogP contribution in [0.2, 0.25) is 10.0 Å². The summed E-state index contributed by atoms with van der Waals surface area (Å²) in [5.74, 6) is 0.0418. The van der Waals surface area contributed by atoms with Gasteiger partial charge in [0.05, 0.1) is 6.42 Å². The molecule has 18 heavy (non-hydrogen) atoms. The topological polar surface area (TPSA) is 46.3 Å². The van der Waals surface area contributed by atoms with Crippen LogP contribution in [0.3, 0.4) is 0 Å². The molecule has 0 bridgehead atoms. The van der Waals surface area contributed by atoms with Crippen molar-refractivity contribution >= 4 is 29.1 Å². The van der Waals surface area contributed by atoms with Crippen molar-refractivity contribution in [3.8, 4) is 0 Å². The molecule has 1 saturated heterocycles. The predicted octanol–water partition coefficient (Wildman–Crippen LogP) is 2.49. The highest BCUT2D eigenvalue weighted by Gasteiger charge is 2.22. The van der Waals surface area contributed by atoms with Crippen molar-refractivity contribution in [2.45, 2.75) is 25.3 Å². The Balaban J connectivity index is 2.07. The molecular weight excluding hydrogens is 271 g/mol. The van der Waals surface area contributed by atoms with Gasteiger partial charge in [0.2, 0.25) is 5.91 Å². The molecule has 1 fully saturated rings. The van der Waals surface area contributed by atoms with E-state index in [0.29, 0.717) is 22.2 Å². The summed E-state index contributed by atoms with van der Waals surface area (Å²) in [6, 6.07) is 5.36. The fourth-order valence-corrected chi connectivity index (χ4v) is 2.73. The first kappa shape index (κ1) is 13.7. The molecule has 1 aliphatic heterocycles. The lowest BCUT2D eigenvalue weighted by Crippen LogP contribution is -2.46. The Morgan fingerprint density at radius 1 is 1.39 bits per heavy atom. The Bertz CT molecular complexity index is 430. The standard InChI is InChI=1S/C13H16Cl2N2O/c14-11-4-1-5-12(15)10(11)7-13(18)17-6-2-3-9(16)8-17/h1,4-5,9H,2-3,6-8,16H2. The van der Waals surface area contributed by atoms with Crippen LogP contribution in [-0.4, -0.2) is 29.9 Å². The van der Waals surface area contributed by atoms with E-state index in [2.05, 4.69) is 0 Å². The first-order valence-electron chi connectivity index (χ1n) is 6.04. The first-order chi connectivity index (χ1) is 8.58. The number of halogens is 2. The molecule has 0 aliphatic carbocycles. The third kappa shape index (κ3) is 3.16. The summed E-state index contributed by atoms with van der Waals surface area (Å²) < 4.78 is 0. The number of rotatable bonds is 2. The van der Waals surface area contributed by atoms with Gasteiger partial charge in [0.1, 0.15) is 0 Å². The number of benzene rings is 1. The minimum absolute atomic E-state index is 0.0418. The van der Waals surface area contributed by atoms with Crippen LogP contribution in [0.25, 0.3) is 0 Å². The van der Waals surface area contributed by atoms with Crippen molar-refractivity contribution in [2.75, 3.05) is 13.1 Å². The van der Waals surface area contributed by atoms with Crippen molar-refractivity contribution in [1.82, 2.24) is 4.90 Å². The maximum absolute atomic E-state index is 12.2. The monoisotopic (exact) mass is 286 g/mol. The minimum atomic E-state index is 0.0418. The van der Waals surface area contributed by atoms with E-state index in [9.17, 15) is 4.79 Å². The molecule has 98 valence electrons. The molecule has 0 saturated carbocycles. The Morgan fingerprint density at radius 2 is 2.06 bits per heavy atom. The number of hydrogen-bond donors (Lipinski definition) is 1. The summed E-state index contributed by atoms with van der Waals surface area (Å²) in [6.07, 6.45) is 2.19. The van der Waals surface area contributed by atoms with Crippen LogP contribution in [0.1, 0.15) is 18.4 Å². The van der Waals surface area contributed by atoms with Gasteiger partial charge in [-0.2, -0.15) is 0 Å². The zero-order valence-electron chi connectivity index (χ0n) is 10.0. The molecule has 0 aromatic heterocycles. The highest BCUT2D eigenvalue weighted by atomic mass is 35.5. The molecule has 1 atom stereocenters. The number of nitrogens with two attached hydrogens (primary N) is 1. The quantitative estimate of drug-likeness (QED) is 0.908. The van der Waals surface area contributed by atoms with E-state index in [1.54, 1.807) is 23.1 Å². The van der Waals surface area contributed by atoms with Crippen LogP contribution < -0.4 is 5.73 Å². The van der Waals surface area contributed by atoms with Gasteiger partial charge in [-0.25, -0.2) is 0 Å². The van der Waals surface area contributed by atoms with Gasteiger partial charge in [-0.05, 0) is 30.5 Å². The molecule has 1 aromatic rings. The molecule has 0 radical (unpaired) electrons. The van der Waals surface area contributed by atoms with Crippen molar-refractivity contribution in [2.24, 2.45) is 5.73 Å². The van der Waals surface area contributed by atoms with Crippen molar-refractivity contribution in [1.29, 1.82) is 0 Å². The van der Waals surface area contributed by atoms with E-state index < -0.39 is 0 Å². The van der Waals surface area contributed by atoms with Gasteiger partial charge in [-0.1, -0.05) is 29.3 Å². The zero-order chi connectivity index (χ0) is 13.1. The highest BCUT2D eigenvalue weighted by Crippen LogP contribution is 2.25. The van der Waals surface area contributed by atoms with Crippen molar-refractivity contribution < 1.29 is 4.79 Å².